The average molecular weight is 264 g/mol. The highest BCUT2D eigenvalue weighted by Gasteiger charge is 2.05. The monoisotopic (exact) mass is 264 g/mol. The Bertz CT molecular complexity index is 252. The summed E-state index contributed by atoms with van der Waals surface area (Å²) in [5, 5.41) is 8.91. The third-order valence-corrected chi connectivity index (χ3v) is 2.33. The molecule has 0 atom stereocenters. The standard InChI is InChI=1S/C7H9IN2O/c1-4-6(3-11)7(8)10-5(2)9-4/h11H,3H2,1-2H3. The summed E-state index contributed by atoms with van der Waals surface area (Å²) in [7, 11) is 0. The Morgan fingerprint density at radius 2 is 2.00 bits per heavy atom. The van der Waals surface area contributed by atoms with Gasteiger partial charge in [0.05, 0.1) is 6.61 Å². The molecule has 3 nitrogen and oxygen atoms in total. The molecule has 0 saturated carbocycles. The first-order valence-electron chi connectivity index (χ1n) is 3.25. The summed E-state index contributed by atoms with van der Waals surface area (Å²) in [5.74, 6) is 0.754. The van der Waals surface area contributed by atoms with Gasteiger partial charge in [0.1, 0.15) is 9.53 Å². The smallest absolute Gasteiger partial charge is 0.126 e. The Labute approximate surface area is 79.0 Å². The van der Waals surface area contributed by atoms with Crippen molar-refractivity contribution in [2.45, 2.75) is 20.5 Å². The van der Waals surface area contributed by atoms with Crippen LogP contribution in [0.1, 0.15) is 17.1 Å². The fourth-order valence-corrected chi connectivity index (χ4v) is 1.78. The van der Waals surface area contributed by atoms with Gasteiger partial charge < -0.3 is 5.11 Å². The van der Waals surface area contributed by atoms with Crippen LogP contribution >= 0.6 is 22.6 Å². The molecule has 0 aliphatic rings. The largest absolute Gasteiger partial charge is 0.392 e. The van der Waals surface area contributed by atoms with Crippen molar-refractivity contribution in [2.24, 2.45) is 0 Å². The maximum Gasteiger partial charge on any atom is 0.126 e. The molecule has 0 saturated heterocycles. The zero-order valence-electron chi connectivity index (χ0n) is 6.43. The zero-order chi connectivity index (χ0) is 8.43. The van der Waals surface area contributed by atoms with Gasteiger partial charge in [-0.15, -0.1) is 0 Å². The lowest BCUT2D eigenvalue weighted by Gasteiger charge is -2.03. The maximum atomic E-state index is 8.91. The van der Waals surface area contributed by atoms with Crippen molar-refractivity contribution < 1.29 is 5.11 Å². The minimum Gasteiger partial charge on any atom is -0.392 e. The molecule has 1 heterocycles. The summed E-state index contributed by atoms with van der Waals surface area (Å²) < 4.78 is 0.843. The number of aryl methyl sites for hydroxylation is 2. The molecule has 0 aliphatic carbocycles. The molecule has 1 rings (SSSR count). The number of nitrogens with zero attached hydrogens (tertiary/aromatic N) is 2. The molecule has 0 aliphatic heterocycles. The van der Waals surface area contributed by atoms with E-state index < -0.39 is 0 Å². The van der Waals surface area contributed by atoms with Crippen molar-refractivity contribution in [3.05, 3.63) is 20.8 Å². The molecule has 0 bridgehead atoms. The van der Waals surface area contributed by atoms with Gasteiger partial charge in [-0.1, -0.05) is 0 Å². The second kappa shape index (κ2) is 3.44. The van der Waals surface area contributed by atoms with Crippen LogP contribution in [0.4, 0.5) is 0 Å². The molecule has 0 radical (unpaired) electrons. The van der Waals surface area contributed by atoms with Crippen molar-refractivity contribution in [1.82, 2.24) is 9.97 Å². The van der Waals surface area contributed by atoms with E-state index in [1.54, 1.807) is 0 Å². The van der Waals surface area contributed by atoms with Crippen LogP contribution in [-0.2, 0) is 6.61 Å². The van der Waals surface area contributed by atoms with Gasteiger partial charge in [-0.3, -0.25) is 0 Å². The van der Waals surface area contributed by atoms with Gasteiger partial charge >= 0.3 is 0 Å². The second-order valence-electron chi connectivity index (χ2n) is 2.28. The van der Waals surface area contributed by atoms with Crippen LogP contribution in [0, 0.1) is 17.5 Å². The molecule has 11 heavy (non-hydrogen) atoms. The van der Waals surface area contributed by atoms with Crippen LogP contribution < -0.4 is 0 Å². The molecule has 0 fully saturated rings. The van der Waals surface area contributed by atoms with E-state index in [-0.39, 0.29) is 6.61 Å². The molecule has 0 unspecified atom stereocenters. The van der Waals surface area contributed by atoms with E-state index in [4.69, 9.17) is 5.11 Å². The quantitative estimate of drug-likeness (QED) is 0.612. The molecule has 0 spiro atoms. The number of rotatable bonds is 1. The SMILES string of the molecule is Cc1nc(C)c(CO)c(I)n1. The van der Waals surface area contributed by atoms with Crippen LogP contribution in [0.3, 0.4) is 0 Å². The van der Waals surface area contributed by atoms with Crippen molar-refractivity contribution in [2.75, 3.05) is 0 Å². The molecule has 0 amide bonds. The van der Waals surface area contributed by atoms with Gasteiger partial charge in [0, 0.05) is 11.3 Å². The highest BCUT2D eigenvalue weighted by atomic mass is 127. The highest BCUT2D eigenvalue weighted by Crippen LogP contribution is 2.12. The van der Waals surface area contributed by atoms with Crippen LogP contribution in [0.2, 0.25) is 0 Å². The zero-order valence-corrected chi connectivity index (χ0v) is 8.58. The van der Waals surface area contributed by atoms with Gasteiger partial charge in [-0.25, -0.2) is 9.97 Å². The predicted molar refractivity (Wildman–Crippen MR) is 50.1 cm³/mol. The third-order valence-electron chi connectivity index (χ3n) is 1.43. The van der Waals surface area contributed by atoms with E-state index >= 15 is 0 Å². The average Bonchev–Trinajstić information content (AvgIpc) is 1.85. The van der Waals surface area contributed by atoms with Gasteiger partial charge in [0.15, 0.2) is 0 Å². The molecule has 0 aromatic carbocycles. The maximum absolute atomic E-state index is 8.91. The minimum absolute atomic E-state index is 0.0182. The Balaban J connectivity index is 3.25. The first-order valence-corrected chi connectivity index (χ1v) is 4.33. The Kier molecular flexibility index (Phi) is 2.78. The molecular weight excluding hydrogens is 255 g/mol. The summed E-state index contributed by atoms with van der Waals surface area (Å²) in [6, 6.07) is 0. The normalized spacial score (nSPS) is 10.2. The molecule has 1 aromatic heterocycles. The molecular formula is C7H9IN2O. The number of aromatic nitrogens is 2. The summed E-state index contributed by atoms with van der Waals surface area (Å²) >= 11 is 2.10. The number of aliphatic hydroxyl groups excluding tert-OH is 1. The number of hydrogen-bond donors (Lipinski definition) is 1. The van der Waals surface area contributed by atoms with E-state index in [2.05, 4.69) is 32.6 Å². The Morgan fingerprint density at radius 1 is 1.36 bits per heavy atom. The number of halogens is 1. The second-order valence-corrected chi connectivity index (χ2v) is 3.31. The predicted octanol–water partition coefficient (Wildman–Crippen LogP) is 1.19. The van der Waals surface area contributed by atoms with Crippen LogP contribution in [0.5, 0.6) is 0 Å². The molecule has 60 valence electrons. The third kappa shape index (κ3) is 1.87. The van der Waals surface area contributed by atoms with E-state index in [1.165, 1.54) is 0 Å². The van der Waals surface area contributed by atoms with E-state index in [0.717, 1.165) is 20.8 Å². The first kappa shape index (κ1) is 8.86. The van der Waals surface area contributed by atoms with Crippen molar-refractivity contribution in [3.63, 3.8) is 0 Å². The van der Waals surface area contributed by atoms with E-state index in [1.807, 2.05) is 13.8 Å². The van der Waals surface area contributed by atoms with E-state index in [9.17, 15) is 0 Å². The van der Waals surface area contributed by atoms with Crippen molar-refractivity contribution >= 4 is 22.6 Å². The summed E-state index contributed by atoms with van der Waals surface area (Å²) in [6.45, 7) is 3.74. The van der Waals surface area contributed by atoms with E-state index in [0.29, 0.717) is 0 Å². The first-order chi connectivity index (χ1) is 5.15. The number of hydrogen-bond acceptors (Lipinski definition) is 3. The topological polar surface area (TPSA) is 46.0 Å². The Morgan fingerprint density at radius 3 is 2.45 bits per heavy atom. The van der Waals surface area contributed by atoms with Crippen LogP contribution in [0.15, 0.2) is 0 Å². The lowest BCUT2D eigenvalue weighted by atomic mass is 10.2. The van der Waals surface area contributed by atoms with Crippen LogP contribution in [0.25, 0.3) is 0 Å². The van der Waals surface area contributed by atoms with Crippen molar-refractivity contribution in [1.29, 1.82) is 0 Å². The van der Waals surface area contributed by atoms with Crippen LogP contribution in [-0.4, -0.2) is 15.1 Å². The minimum atomic E-state index is 0.0182. The summed E-state index contributed by atoms with van der Waals surface area (Å²) in [6.07, 6.45) is 0. The van der Waals surface area contributed by atoms with Crippen molar-refractivity contribution in [3.8, 4) is 0 Å². The lowest BCUT2D eigenvalue weighted by molar-refractivity contribution is 0.278. The molecule has 4 heteroatoms. The van der Waals surface area contributed by atoms with Gasteiger partial charge in [0.25, 0.3) is 0 Å². The Hall–Kier alpha value is -0.230. The fraction of sp³-hybridized carbons (Fsp3) is 0.429. The number of aliphatic hydroxyl groups is 1. The fourth-order valence-electron chi connectivity index (χ4n) is 0.874. The summed E-state index contributed by atoms with van der Waals surface area (Å²) in [4.78, 5) is 8.25. The highest BCUT2D eigenvalue weighted by molar-refractivity contribution is 14.1. The lowest BCUT2D eigenvalue weighted by Crippen LogP contribution is -2.02. The molecule has 1 N–H and O–H groups in total. The van der Waals surface area contributed by atoms with Gasteiger partial charge in [-0.05, 0) is 36.4 Å². The molecule has 1 aromatic rings. The van der Waals surface area contributed by atoms with Gasteiger partial charge in [0.2, 0.25) is 0 Å². The summed E-state index contributed by atoms with van der Waals surface area (Å²) in [5.41, 5.74) is 1.70. The van der Waals surface area contributed by atoms with Gasteiger partial charge in [-0.2, -0.15) is 0 Å².